The molecule has 1 saturated heterocycles. The number of anilines is 1. The van der Waals surface area contributed by atoms with Gasteiger partial charge in [-0.15, -0.1) is 0 Å². The van der Waals surface area contributed by atoms with Gasteiger partial charge in [-0.3, -0.25) is 14.8 Å². The van der Waals surface area contributed by atoms with Crippen molar-refractivity contribution in [2.45, 2.75) is 32.7 Å². The maximum Gasteiger partial charge on any atom is 0.260 e. The Morgan fingerprint density at radius 2 is 1.88 bits per heavy atom. The molecule has 34 heavy (non-hydrogen) atoms. The van der Waals surface area contributed by atoms with Crippen molar-refractivity contribution < 1.29 is 9.47 Å². The van der Waals surface area contributed by atoms with Crippen molar-refractivity contribution >= 4 is 17.0 Å². The largest absolute Gasteiger partial charge is 0.382 e. The number of aryl methyl sites for hydroxylation is 1. The van der Waals surface area contributed by atoms with E-state index in [1.165, 1.54) is 19.3 Å². The van der Waals surface area contributed by atoms with E-state index in [0.29, 0.717) is 43.5 Å². The summed E-state index contributed by atoms with van der Waals surface area (Å²) in [5, 5.41) is 3.06. The maximum absolute atomic E-state index is 13.6. The fourth-order valence-corrected chi connectivity index (χ4v) is 5.36. The lowest BCUT2D eigenvalue weighted by molar-refractivity contribution is 0.0666. The maximum atomic E-state index is 13.6. The molecular formula is C26H33N5O3. The van der Waals surface area contributed by atoms with E-state index < -0.39 is 0 Å². The van der Waals surface area contributed by atoms with Gasteiger partial charge in [0.25, 0.3) is 5.56 Å². The number of rotatable bonds is 9. The third-order valence-electron chi connectivity index (χ3n) is 7.14. The van der Waals surface area contributed by atoms with E-state index in [1.807, 2.05) is 43.5 Å². The number of hydrogen-bond donors (Lipinski definition) is 1. The quantitative estimate of drug-likeness (QED) is 0.487. The minimum absolute atomic E-state index is 0.0718. The number of hydrazine groups is 1. The first-order chi connectivity index (χ1) is 16.6. The van der Waals surface area contributed by atoms with Gasteiger partial charge in [0.1, 0.15) is 5.65 Å². The number of hydrogen-bond acceptors (Lipinski definition) is 7. The van der Waals surface area contributed by atoms with Crippen molar-refractivity contribution in [3.63, 3.8) is 0 Å². The first kappa shape index (κ1) is 23.0. The van der Waals surface area contributed by atoms with Gasteiger partial charge in [0.2, 0.25) is 5.95 Å². The van der Waals surface area contributed by atoms with Gasteiger partial charge in [0.05, 0.1) is 26.4 Å². The summed E-state index contributed by atoms with van der Waals surface area (Å²) in [7, 11) is 1.64. The van der Waals surface area contributed by atoms with Crippen LogP contribution in [0.4, 0.5) is 5.95 Å². The molecule has 0 amide bonds. The summed E-state index contributed by atoms with van der Waals surface area (Å²) in [6.45, 7) is 5.89. The normalized spacial score (nSPS) is 20.2. The van der Waals surface area contributed by atoms with Crippen LogP contribution in [0, 0.1) is 18.8 Å². The van der Waals surface area contributed by atoms with Crippen LogP contribution in [0.15, 0.2) is 41.3 Å². The summed E-state index contributed by atoms with van der Waals surface area (Å²) in [6.07, 6.45) is 5.78. The van der Waals surface area contributed by atoms with Crippen molar-refractivity contribution in [3.05, 3.63) is 52.4 Å². The lowest BCUT2D eigenvalue weighted by Crippen LogP contribution is -2.30. The summed E-state index contributed by atoms with van der Waals surface area (Å²) in [4.78, 5) is 23.0. The molecule has 3 aromatic rings. The highest BCUT2D eigenvalue weighted by Gasteiger charge is 2.36. The van der Waals surface area contributed by atoms with E-state index in [-0.39, 0.29) is 5.56 Å². The molecule has 0 bridgehead atoms. The van der Waals surface area contributed by atoms with Gasteiger partial charge >= 0.3 is 0 Å². The zero-order chi connectivity index (χ0) is 23.5. The molecule has 0 radical (unpaired) electrons. The van der Waals surface area contributed by atoms with Gasteiger partial charge in [0.15, 0.2) is 0 Å². The standard InChI is InChI=1S/C26H33N5O3/c1-18-6-3-4-9-22(18)23-14-21-15-27-26(29-30-16-19-7-5-8-20(19)17-30)28-24(21)31(25(23)32)10-11-34-13-12-33-2/h3-4,6,9,14-15,19-20H,5,7-8,10-13,16-17H2,1-2H3,(H,27,28,29). The Morgan fingerprint density at radius 3 is 2.65 bits per heavy atom. The van der Waals surface area contributed by atoms with Crippen LogP contribution in [0.3, 0.4) is 0 Å². The Kier molecular flexibility index (Phi) is 6.89. The van der Waals surface area contributed by atoms with Gasteiger partial charge < -0.3 is 9.47 Å². The monoisotopic (exact) mass is 463 g/mol. The predicted molar refractivity (Wildman–Crippen MR) is 133 cm³/mol. The van der Waals surface area contributed by atoms with Gasteiger partial charge in [-0.05, 0) is 48.8 Å². The molecule has 2 atom stereocenters. The fourth-order valence-electron chi connectivity index (χ4n) is 5.36. The molecule has 1 saturated carbocycles. The summed E-state index contributed by atoms with van der Waals surface area (Å²) >= 11 is 0. The van der Waals surface area contributed by atoms with Crippen molar-refractivity contribution in [1.29, 1.82) is 0 Å². The zero-order valence-electron chi connectivity index (χ0n) is 20.0. The molecule has 8 heteroatoms. The average molecular weight is 464 g/mol. The van der Waals surface area contributed by atoms with Crippen LogP contribution in [0.25, 0.3) is 22.2 Å². The highest BCUT2D eigenvalue weighted by molar-refractivity contribution is 5.82. The first-order valence-electron chi connectivity index (χ1n) is 12.2. The molecule has 3 heterocycles. The van der Waals surface area contributed by atoms with Crippen LogP contribution >= 0.6 is 0 Å². The van der Waals surface area contributed by atoms with Crippen LogP contribution in [-0.2, 0) is 16.0 Å². The minimum atomic E-state index is -0.0718. The number of nitrogens with one attached hydrogen (secondary N) is 1. The predicted octanol–water partition coefficient (Wildman–Crippen LogP) is 3.49. The molecule has 2 fully saturated rings. The second kappa shape index (κ2) is 10.2. The Hall–Kier alpha value is -2.81. The molecule has 2 aromatic heterocycles. The van der Waals surface area contributed by atoms with E-state index in [0.717, 1.165) is 41.4 Å². The van der Waals surface area contributed by atoms with Gasteiger partial charge in [-0.1, -0.05) is 30.7 Å². The topological polar surface area (TPSA) is 81.5 Å². The first-order valence-corrected chi connectivity index (χ1v) is 12.2. The molecule has 2 aliphatic rings. The van der Waals surface area contributed by atoms with E-state index in [4.69, 9.17) is 14.5 Å². The fraction of sp³-hybridized carbons (Fsp3) is 0.500. The van der Waals surface area contributed by atoms with Crippen LogP contribution in [0.2, 0.25) is 0 Å². The third kappa shape index (κ3) is 4.71. The Balaban J connectivity index is 1.47. The molecule has 5 rings (SSSR count). The molecule has 1 N–H and O–H groups in total. The second-order valence-corrected chi connectivity index (χ2v) is 9.38. The number of methoxy groups -OCH3 is 1. The van der Waals surface area contributed by atoms with Crippen molar-refractivity contribution in [1.82, 2.24) is 19.5 Å². The van der Waals surface area contributed by atoms with Crippen LogP contribution in [-0.4, -0.2) is 59.6 Å². The zero-order valence-corrected chi connectivity index (χ0v) is 20.0. The summed E-state index contributed by atoms with van der Waals surface area (Å²) < 4.78 is 12.5. The van der Waals surface area contributed by atoms with E-state index >= 15 is 0 Å². The lowest BCUT2D eigenvalue weighted by Gasteiger charge is -2.19. The Morgan fingerprint density at radius 1 is 1.09 bits per heavy atom. The molecule has 180 valence electrons. The smallest absolute Gasteiger partial charge is 0.260 e. The molecule has 1 aromatic carbocycles. The van der Waals surface area contributed by atoms with Crippen molar-refractivity contribution in [3.8, 4) is 11.1 Å². The molecule has 8 nitrogen and oxygen atoms in total. The van der Waals surface area contributed by atoms with E-state index in [1.54, 1.807) is 11.7 Å². The third-order valence-corrected chi connectivity index (χ3v) is 7.14. The van der Waals surface area contributed by atoms with Crippen LogP contribution in [0.1, 0.15) is 24.8 Å². The lowest BCUT2D eigenvalue weighted by atomic mass is 10.0. The highest BCUT2D eigenvalue weighted by Crippen LogP contribution is 2.37. The second-order valence-electron chi connectivity index (χ2n) is 9.38. The molecule has 2 unspecified atom stereocenters. The van der Waals surface area contributed by atoms with E-state index in [9.17, 15) is 4.79 Å². The number of benzene rings is 1. The SMILES string of the molecule is COCCOCCn1c(=O)c(-c2ccccc2C)cc2cnc(NN3CC4CCCC4C3)nc21. The summed E-state index contributed by atoms with van der Waals surface area (Å²) in [5.41, 5.74) is 6.58. The molecule has 1 aliphatic carbocycles. The Bertz CT molecular complexity index is 1200. The van der Waals surface area contributed by atoms with Crippen LogP contribution in [0.5, 0.6) is 0 Å². The van der Waals surface area contributed by atoms with Gasteiger partial charge in [0, 0.05) is 37.3 Å². The van der Waals surface area contributed by atoms with Gasteiger partial charge in [-0.25, -0.2) is 9.99 Å². The average Bonchev–Trinajstić information content (AvgIpc) is 3.42. The number of pyridine rings is 1. The molecule has 1 aliphatic heterocycles. The summed E-state index contributed by atoms with van der Waals surface area (Å²) in [5.74, 6) is 2.07. The number of ether oxygens (including phenoxy) is 2. The molecular weight excluding hydrogens is 430 g/mol. The van der Waals surface area contributed by atoms with E-state index in [2.05, 4.69) is 15.4 Å². The van der Waals surface area contributed by atoms with Crippen molar-refractivity contribution in [2.75, 3.05) is 45.4 Å². The highest BCUT2D eigenvalue weighted by atomic mass is 16.5. The summed E-state index contributed by atoms with van der Waals surface area (Å²) in [6, 6.07) is 9.85. The molecule has 0 spiro atoms. The Labute approximate surface area is 199 Å². The number of nitrogens with zero attached hydrogens (tertiary/aromatic N) is 4. The van der Waals surface area contributed by atoms with Gasteiger partial charge in [-0.2, -0.15) is 4.98 Å². The van der Waals surface area contributed by atoms with Crippen molar-refractivity contribution in [2.24, 2.45) is 11.8 Å². The number of aromatic nitrogens is 3. The number of fused-ring (bicyclic) bond motifs is 2. The minimum Gasteiger partial charge on any atom is -0.382 e. The van der Waals surface area contributed by atoms with Crippen LogP contribution < -0.4 is 11.0 Å².